The van der Waals surface area contributed by atoms with Crippen molar-refractivity contribution in [2.75, 3.05) is 16.8 Å². The largest absolute Gasteiger partial charge is 0.384 e. The number of ketones is 1. The Bertz CT molecular complexity index is 977. The van der Waals surface area contributed by atoms with Gasteiger partial charge >= 0.3 is 5.69 Å². The molecule has 0 bridgehead atoms. The van der Waals surface area contributed by atoms with Crippen molar-refractivity contribution < 1.29 is 9.59 Å². The Balaban J connectivity index is 2.22. The smallest absolute Gasteiger partial charge is 0.332 e. The Morgan fingerprint density at radius 1 is 1.19 bits per heavy atom. The van der Waals surface area contributed by atoms with Gasteiger partial charge in [-0.05, 0) is 30.7 Å². The summed E-state index contributed by atoms with van der Waals surface area (Å²) in [4.78, 5) is 49.0. The first-order valence-corrected chi connectivity index (χ1v) is 9.37. The average Bonchev–Trinajstić information content (AvgIpc) is 2.62. The van der Waals surface area contributed by atoms with E-state index >= 15 is 0 Å². The number of benzene rings is 1. The maximum Gasteiger partial charge on any atom is 0.332 e. The van der Waals surface area contributed by atoms with E-state index in [4.69, 9.17) is 5.73 Å². The van der Waals surface area contributed by atoms with E-state index in [0.717, 1.165) is 9.46 Å². The van der Waals surface area contributed by atoms with Gasteiger partial charge in [-0.2, -0.15) is 0 Å². The first kappa shape index (κ1) is 20.5. The van der Waals surface area contributed by atoms with Crippen LogP contribution in [0.25, 0.3) is 0 Å². The van der Waals surface area contributed by atoms with Crippen LogP contribution in [0.2, 0.25) is 0 Å². The summed E-state index contributed by atoms with van der Waals surface area (Å²) in [7, 11) is 1.33. The first-order chi connectivity index (χ1) is 12.8. The lowest BCUT2D eigenvalue weighted by molar-refractivity contribution is -0.114. The number of amides is 1. The molecule has 0 aliphatic carbocycles. The van der Waals surface area contributed by atoms with Crippen molar-refractivity contribution in [2.45, 2.75) is 31.7 Å². The number of nitrogen functional groups attached to an aromatic ring is 1. The summed E-state index contributed by atoms with van der Waals surface area (Å²) in [5.74, 6) is -0.687. The second-order valence-corrected chi connectivity index (χ2v) is 7.02. The van der Waals surface area contributed by atoms with Crippen LogP contribution in [-0.2, 0) is 18.4 Å². The molecule has 0 spiro atoms. The molecule has 0 fully saturated rings. The molecule has 0 saturated heterocycles. The molecule has 1 heterocycles. The zero-order valence-corrected chi connectivity index (χ0v) is 16.3. The standard InChI is InChI=1S/C18H22N4O4S/c1-4-9-22-16(19)15(17(25)21(3)18(22)26)14(24)10-27-13-7-5-12(6-8-13)20-11(2)23/h5-8H,4,9-10,19H2,1-3H3,(H,20,23). The maximum absolute atomic E-state index is 12.6. The number of hydrogen-bond donors (Lipinski definition) is 2. The number of anilines is 2. The minimum Gasteiger partial charge on any atom is -0.384 e. The third-order valence-electron chi connectivity index (χ3n) is 3.85. The van der Waals surface area contributed by atoms with Gasteiger partial charge in [-0.1, -0.05) is 6.92 Å². The van der Waals surface area contributed by atoms with Crippen LogP contribution in [0.4, 0.5) is 11.5 Å². The fraction of sp³-hybridized carbons (Fsp3) is 0.333. The molecule has 0 radical (unpaired) electrons. The third kappa shape index (κ3) is 4.68. The van der Waals surface area contributed by atoms with E-state index in [1.165, 1.54) is 30.3 Å². The number of carbonyl (C=O) groups is 2. The van der Waals surface area contributed by atoms with E-state index in [1.54, 1.807) is 24.3 Å². The number of rotatable bonds is 7. The highest BCUT2D eigenvalue weighted by Gasteiger charge is 2.21. The van der Waals surface area contributed by atoms with Gasteiger partial charge in [0.2, 0.25) is 5.91 Å². The van der Waals surface area contributed by atoms with Gasteiger partial charge in [0.1, 0.15) is 11.4 Å². The quantitative estimate of drug-likeness (QED) is 0.546. The monoisotopic (exact) mass is 390 g/mol. The highest BCUT2D eigenvalue weighted by atomic mass is 32.2. The van der Waals surface area contributed by atoms with E-state index in [0.29, 0.717) is 18.7 Å². The maximum atomic E-state index is 12.6. The van der Waals surface area contributed by atoms with Crippen molar-refractivity contribution >= 4 is 35.0 Å². The summed E-state index contributed by atoms with van der Waals surface area (Å²) >= 11 is 1.24. The second kappa shape index (κ2) is 8.72. The van der Waals surface area contributed by atoms with E-state index in [1.807, 2.05) is 6.92 Å². The predicted molar refractivity (Wildman–Crippen MR) is 106 cm³/mol. The van der Waals surface area contributed by atoms with E-state index in [-0.39, 0.29) is 23.0 Å². The molecule has 0 atom stereocenters. The molecule has 144 valence electrons. The molecule has 1 amide bonds. The highest BCUT2D eigenvalue weighted by molar-refractivity contribution is 8.00. The summed E-state index contributed by atoms with van der Waals surface area (Å²) < 4.78 is 2.16. The molecular weight excluding hydrogens is 368 g/mol. The Morgan fingerprint density at radius 3 is 2.37 bits per heavy atom. The number of thioether (sulfide) groups is 1. The van der Waals surface area contributed by atoms with Crippen molar-refractivity contribution in [3.63, 3.8) is 0 Å². The Kier molecular flexibility index (Phi) is 6.62. The molecule has 0 aliphatic heterocycles. The molecule has 9 heteroatoms. The van der Waals surface area contributed by atoms with Crippen molar-refractivity contribution in [3.8, 4) is 0 Å². The lowest BCUT2D eigenvalue weighted by atomic mass is 10.2. The molecule has 2 rings (SSSR count). The van der Waals surface area contributed by atoms with Gasteiger partial charge in [0.15, 0.2) is 5.78 Å². The van der Waals surface area contributed by atoms with Crippen LogP contribution >= 0.6 is 11.8 Å². The normalized spacial score (nSPS) is 10.6. The molecule has 27 heavy (non-hydrogen) atoms. The minimum absolute atomic E-state index is 0.00323. The lowest BCUT2D eigenvalue weighted by Gasteiger charge is -2.13. The highest BCUT2D eigenvalue weighted by Crippen LogP contribution is 2.22. The number of nitrogens with zero attached hydrogens (tertiary/aromatic N) is 2. The number of hydrogen-bond acceptors (Lipinski definition) is 6. The molecule has 0 saturated carbocycles. The van der Waals surface area contributed by atoms with Gasteiger partial charge in [-0.15, -0.1) is 11.8 Å². The molecule has 8 nitrogen and oxygen atoms in total. The number of aromatic nitrogens is 2. The molecule has 1 aromatic heterocycles. The molecule has 3 N–H and O–H groups in total. The van der Waals surface area contributed by atoms with Crippen LogP contribution in [0.5, 0.6) is 0 Å². The third-order valence-corrected chi connectivity index (χ3v) is 4.87. The summed E-state index contributed by atoms with van der Waals surface area (Å²) in [5, 5.41) is 2.66. The summed E-state index contributed by atoms with van der Waals surface area (Å²) in [6, 6.07) is 6.98. The fourth-order valence-corrected chi connectivity index (χ4v) is 3.31. The number of Topliss-reactive ketones (excluding diaryl/α,β-unsaturated/α-hetero) is 1. The zero-order chi connectivity index (χ0) is 20.1. The van der Waals surface area contributed by atoms with E-state index in [2.05, 4.69) is 5.32 Å². The van der Waals surface area contributed by atoms with Crippen LogP contribution in [0.3, 0.4) is 0 Å². The summed E-state index contributed by atoms with van der Waals surface area (Å²) in [5.41, 5.74) is 5.24. The van der Waals surface area contributed by atoms with Crippen LogP contribution in [0, 0.1) is 0 Å². The number of carbonyl (C=O) groups excluding carboxylic acids is 2. The predicted octanol–water partition coefficient (Wildman–Crippen LogP) is 1.47. The Labute approximate surface area is 160 Å². The van der Waals surface area contributed by atoms with Crippen molar-refractivity contribution in [3.05, 3.63) is 50.7 Å². The molecule has 0 aliphatic rings. The van der Waals surface area contributed by atoms with Gasteiger partial charge in [0.25, 0.3) is 5.56 Å². The number of nitrogens with one attached hydrogen (secondary N) is 1. The first-order valence-electron chi connectivity index (χ1n) is 8.39. The second-order valence-electron chi connectivity index (χ2n) is 5.98. The lowest BCUT2D eigenvalue weighted by Crippen LogP contribution is -2.42. The molecular formula is C18H22N4O4S. The SMILES string of the molecule is CCCn1c(N)c(C(=O)CSc2ccc(NC(C)=O)cc2)c(=O)n(C)c1=O. The molecule has 1 aromatic carbocycles. The summed E-state index contributed by atoms with van der Waals surface area (Å²) in [6.45, 7) is 3.63. The molecule has 0 unspecified atom stereocenters. The van der Waals surface area contributed by atoms with Gasteiger partial charge in [0, 0.05) is 31.1 Å². The summed E-state index contributed by atoms with van der Waals surface area (Å²) in [6.07, 6.45) is 0.644. The van der Waals surface area contributed by atoms with Crippen molar-refractivity contribution in [1.29, 1.82) is 0 Å². The molecule has 2 aromatic rings. The van der Waals surface area contributed by atoms with Crippen LogP contribution in [-0.4, -0.2) is 26.6 Å². The van der Waals surface area contributed by atoms with Gasteiger partial charge in [-0.25, -0.2) is 4.79 Å². The van der Waals surface area contributed by atoms with E-state index in [9.17, 15) is 19.2 Å². The zero-order valence-electron chi connectivity index (χ0n) is 15.4. The Hall–Kier alpha value is -2.81. The number of nitrogens with two attached hydrogens (primary N) is 1. The minimum atomic E-state index is -0.684. The van der Waals surface area contributed by atoms with Crippen molar-refractivity contribution in [1.82, 2.24) is 9.13 Å². The van der Waals surface area contributed by atoms with E-state index < -0.39 is 17.0 Å². The van der Waals surface area contributed by atoms with Gasteiger partial charge in [0.05, 0.1) is 5.75 Å². The van der Waals surface area contributed by atoms with Crippen LogP contribution in [0.1, 0.15) is 30.6 Å². The van der Waals surface area contributed by atoms with Crippen molar-refractivity contribution in [2.24, 2.45) is 7.05 Å². The van der Waals surface area contributed by atoms with Crippen LogP contribution < -0.4 is 22.3 Å². The van der Waals surface area contributed by atoms with Crippen LogP contribution in [0.15, 0.2) is 38.8 Å². The van der Waals surface area contributed by atoms with Gasteiger partial charge in [-0.3, -0.25) is 23.5 Å². The topological polar surface area (TPSA) is 116 Å². The fourth-order valence-electron chi connectivity index (χ4n) is 2.54. The van der Waals surface area contributed by atoms with Gasteiger partial charge < -0.3 is 11.1 Å². The Morgan fingerprint density at radius 2 is 1.81 bits per heavy atom. The average molecular weight is 390 g/mol.